The lowest BCUT2D eigenvalue weighted by molar-refractivity contribution is 0.0690. The Hall–Kier alpha value is -1.94. The van der Waals surface area contributed by atoms with Crippen molar-refractivity contribution in [3.05, 3.63) is 40.6 Å². The number of aryl methyl sites for hydroxylation is 2. The smallest absolute Gasteiger partial charge is 0.336 e. The number of hydrogen-bond donors (Lipinski definition) is 1. The molecular formula is C16H17NO3. The van der Waals surface area contributed by atoms with Crippen LogP contribution in [0.25, 0.3) is 10.9 Å². The Morgan fingerprint density at radius 1 is 1.45 bits per heavy atom. The third kappa shape index (κ3) is 1.96. The second-order valence-electron chi connectivity index (χ2n) is 5.29. The van der Waals surface area contributed by atoms with E-state index in [2.05, 4.69) is 0 Å². The number of hydrogen-bond acceptors (Lipinski definition) is 3. The summed E-state index contributed by atoms with van der Waals surface area (Å²) in [5.74, 6) is -0.879. The number of methoxy groups -OCH3 is 1. The number of aromatic nitrogens is 1. The van der Waals surface area contributed by atoms with Crippen molar-refractivity contribution in [2.75, 3.05) is 7.11 Å². The molecule has 1 aromatic carbocycles. The number of ether oxygens (including phenoxy) is 1. The van der Waals surface area contributed by atoms with Crippen molar-refractivity contribution >= 4 is 16.9 Å². The van der Waals surface area contributed by atoms with Crippen LogP contribution in [0, 0.1) is 6.92 Å². The Bertz CT molecular complexity index is 694. The van der Waals surface area contributed by atoms with Crippen LogP contribution in [0.4, 0.5) is 0 Å². The SMILES string of the molecule is COC1CCc2nc3c(C)cccc3c(C(=O)O)c2C1. The number of fused-ring (bicyclic) bond motifs is 2. The zero-order valence-electron chi connectivity index (χ0n) is 11.6. The lowest BCUT2D eigenvalue weighted by Gasteiger charge is -2.25. The number of aromatic carboxylic acids is 1. The van der Waals surface area contributed by atoms with Gasteiger partial charge in [0.05, 0.1) is 17.2 Å². The van der Waals surface area contributed by atoms with E-state index in [1.165, 1.54) is 0 Å². The van der Waals surface area contributed by atoms with E-state index >= 15 is 0 Å². The van der Waals surface area contributed by atoms with Gasteiger partial charge in [0, 0.05) is 24.6 Å². The van der Waals surface area contributed by atoms with Crippen molar-refractivity contribution in [1.29, 1.82) is 0 Å². The van der Waals surface area contributed by atoms with Gasteiger partial charge >= 0.3 is 5.97 Å². The fourth-order valence-corrected chi connectivity index (χ4v) is 3.02. The van der Waals surface area contributed by atoms with Crippen LogP contribution in [0.3, 0.4) is 0 Å². The first-order valence-electron chi connectivity index (χ1n) is 6.79. The molecule has 2 aromatic rings. The maximum absolute atomic E-state index is 11.7. The number of carbonyl (C=O) groups is 1. The number of carboxylic acid groups (broad SMARTS) is 1. The number of pyridine rings is 1. The quantitative estimate of drug-likeness (QED) is 0.912. The van der Waals surface area contributed by atoms with Gasteiger partial charge in [-0.2, -0.15) is 0 Å². The van der Waals surface area contributed by atoms with Gasteiger partial charge in [0.25, 0.3) is 0 Å². The molecule has 0 amide bonds. The third-order valence-corrected chi connectivity index (χ3v) is 4.09. The fourth-order valence-electron chi connectivity index (χ4n) is 3.02. The number of carboxylic acids is 1. The van der Waals surface area contributed by atoms with Gasteiger partial charge in [-0.25, -0.2) is 4.79 Å². The lowest BCUT2D eigenvalue weighted by atomic mass is 9.87. The molecule has 1 atom stereocenters. The number of rotatable bonds is 2. The van der Waals surface area contributed by atoms with Gasteiger partial charge in [-0.1, -0.05) is 18.2 Å². The molecule has 1 N–H and O–H groups in total. The Balaban J connectivity index is 2.32. The summed E-state index contributed by atoms with van der Waals surface area (Å²) in [5, 5.41) is 10.3. The number of nitrogens with zero attached hydrogens (tertiary/aromatic N) is 1. The maximum atomic E-state index is 11.7. The van der Waals surface area contributed by atoms with Gasteiger partial charge in [-0.3, -0.25) is 4.98 Å². The van der Waals surface area contributed by atoms with E-state index in [0.29, 0.717) is 12.0 Å². The molecule has 1 aliphatic rings. The summed E-state index contributed by atoms with van der Waals surface area (Å²) in [6.07, 6.45) is 2.39. The van der Waals surface area contributed by atoms with E-state index in [-0.39, 0.29) is 6.10 Å². The molecular weight excluding hydrogens is 254 g/mol. The molecule has 0 bridgehead atoms. The van der Waals surface area contributed by atoms with E-state index < -0.39 is 5.97 Å². The van der Waals surface area contributed by atoms with E-state index in [4.69, 9.17) is 9.72 Å². The van der Waals surface area contributed by atoms with Crippen LogP contribution in [0.5, 0.6) is 0 Å². The molecule has 4 heteroatoms. The van der Waals surface area contributed by atoms with E-state index in [9.17, 15) is 9.90 Å². The zero-order chi connectivity index (χ0) is 14.3. The Morgan fingerprint density at radius 3 is 2.95 bits per heavy atom. The Labute approximate surface area is 117 Å². The Kier molecular flexibility index (Phi) is 3.18. The molecule has 0 saturated heterocycles. The summed E-state index contributed by atoms with van der Waals surface area (Å²) < 4.78 is 5.40. The monoisotopic (exact) mass is 271 g/mol. The third-order valence-electron chi connectivity index (χ3n) is 4.09. The molecule has 0 fully saturated rings. The molecule has 0 radical (unpaired) electrons. The first-order chi connectivity index (χ1) is 9.61. The molecule has 4 nitrogen and oxygen atoms in total. The molecule has 1 heterocycles. The van der Waals surface area contributed by atoms with Crippen LogP contribution >= 0.6 is 0 Å². The lowest BCUT2D eigenvalue weighted by Crippen LogP contribution is -2.24. The number of benzene rings is 1. The average Bonchev–Trinajstić information content (AvgIpc) is 2.44. The van der Waals surface area contributed by atoms with Crippen LogP contribution in [0.15, 0.2) is 18.2 Å². The van der Waals surface area contributed by atoms with Crippen molar-refractivity contribution in [1.82, 2.24) is 4.98 Å². The maximum Gasteiger partial charge on any atom is 0.336 e. The van der Waals surface area contributed by atoms with Crippen molar-refractivity contribution in [2.24, 2.45) is 0 Å². The van der Waals surface area contributed by atoms with Crippen LogP contribution in [0.1, 0.15) is 33.6 Å². The highest BCUT2D eigenvalue weighted by atomic mass is 16.5. The zero-order valence-corrected chi connectivity index (χ0v) is 11.6. The summed E-state index contributed by atoms with van der Waals surface area (Å²) in [7, 11) is 1.68. The minimum absolute atomic E-state index is 0.0876. The van der Waals surface area contributed by atoms with Gasteiger partial charge in [-0.05, 0) is 30.9 Å². The topological polar surface area (TPSA) is 59.4 Å². The molecule has 0 spiro atoms. The highest BCUT2D eigenvalue weighted by Gasteiger charge is 2.26. The standard InChI is InChI=1S/C16H17NO3/c1-9-4-3-5-11-14(16(18)19)12-8-10(20-2)6-7-13(12)17-15(9)11/h3-5,10H,6-8H2,1-2H3,(H,18,19). The first kappa shape index (κ1) is 13.1. The molecule has 104 valence electrons. The largest absolute Gasteiger partial charge is 0.478 e. The molecule has 1 unspecified atom stereocenters. The van der Waals surface area contributed by atoms with Crippen LogP contribution < -0.4 is 0 Å². The molecule has 3 rings (SSSR count). The average molecular weight is 271 g/mol. The predicted octanol–water partition coefficient (Wildman–Crippen LogP) is 2.75. The summed E-state index contributed by atoms with van der Waals surface area (Å²) in [6.45, 7) is 1.97. The highest BCUT2D eigenvalue weighted by molar-refractivity contribution is 6.05. The van der Waals surface area contributed by atoms with Gasteiger partial charge in [0.15, 0.2) is 0 Å². The molecule has 0 saturated carbocycles. The van der Waals surface area contributed by atoms with Crippen molar-refractivity contribution in [3.63, 3.8) is 0 Å². The summed E-state index contributed by atoms with van der Waals surface area (Å²) in [6, 6.07) is 5.69. The second kappa shape index (κ2) is 4.87. The first-order valence-corrected chi connectivity index (χ1v) is 6.79. The van der Waals surface area contributed by atoms with Gasteiger partial charge in [0.1, 0.15) is 0 Å². The molecule has 20 heavy (non-hydrogen) atoms. The van der Waals surface area contributed by atoms with Crippen molar-refractivity contribution in [2.45, 2.75) is 32.3 Å². The van der Waals surface area contributed by atoms with Gasteiger partial charge in [0.2, 0.25) is 0 Å². The van der Waals surface area contributed by atoms with Crippen LogP contribution in [-0.4, -0.2) is 29.3 Å². The summed E-state index contributed by atoms with van der Waals surface area (Å²) in [4.78, 5) is 16.4. The predicted molar refractivity (Wildman–Crippen MR) is 76.3 cm³/mol. The van der Waals surface area contributed by atoms with Crippen molar-refractivity contribution in [3.8, 4) is 0 Å². The normalized spacial score (nSPS) is 18.0. The van der Waals surface area contributed by atoms with E-state index in [1.807, 2.05) is 25.1 Å². The van der Waals surface area contributed by atoms with Gasteiger partial charge < -0.3 is 9.84 Å². The summed E-state index contributed by atoms with van der Waals surface area (Å²) in [5.41, 5.74) is 3.97. The summed E-state index contributed by atoms with van der Waals surface area (Å²) >= 11 is 0. The van der Waals surface area contributed by atoms with Crippen molar-refractivity contribution < 1.29 is 14.6 Å². The second-order valence-corrected chi connectivity index (χ2v) is 5.29. The minimum Gasteiger partial charge on any atom is -0.478 e. The van der Waals surface area contributed by atoms with E-state index in [0.717, 1.165) is 40.6 Å². The van der Waals surface area contributed by atoms with Crippen LogP contribution in [-0.2, 0) is 17.6 Å². The highest BCUT2D eigenvalue weighted by Crippen LogP contribution is 2.31. The van der Waals surface area contributed by atoms with E-state index in [1.54, 1.807) is 7.11 Å². The molecule has 1 aliphatic carbocycles. The Morgan fingerprint density at radius 2 is 2.25 bits per heavy atom. The van der Waals surface area contributed by atoms with Crippen LogP contribution in [0.2, 0.25) is 0 Å². The number of para-hydroxylation sites is 1. The molecule has 0 aliphatic heterocycles. The fraction of sp³-hybridized carbons (Fsp3) is 0.375. The minimum atomic E-state index is -0.879. The molecule has 1 aromatic heterocycles. The van der Waals surface area contributed by atoms with Gasteiger partial charge in [-0.15, -0.1) is 0 Å².